The molecule has 0 saturated heterocycles. The van der Waals surface area contributed by atoms with E-state index in [9.17, 15) is 9.59 Å². The van der Waals surface area contributed by atoms with Crippen molar-refractivity contribution in [1.82, 2.24) is 0 Å². The summed E-state index contributed by atoms with van der Waals surface area (Å²) in [7, 11) is 0. The van der Waals surface area contributed by atoms with Crippen LogP contribution in [0.15, 0.2) is 0 Å². The van der Waals surface area contributed by atoms with Crippen LogP contribution in [0.4, 0.5) is 0 Å². The highest BCUT2D eigenvalue weighted by Gasteiger charge is 2.07. The van der Waals surface area contributed by atoms with Crippen LogP contribution in [-0.4, -0.2) is 24.9 Å². The number of carbonyl (C=O) groups excluding carboxylic acids is 2. The number of ketones is 1. The molecule has 0 aliphatic heterocycles. The lowest BCUT2D eigenvalue weighted by Gasteiger charge is -2.03. The first-order chi connectivity index (χ1) is 7.20. The molecular formula is C11H22NO3+. The van der Waals surface area contributed by atoms with Gasteiger partial charge in [0.15, 0.2) is 5.78 Å². The summed E-state index contributed by atoms with van der Waals surface area (Å²) in [5.41, 5.74) is 3.46. The number of carbonyl (C=O) groups is 2. The molecule has 0 aromatic rings. The molecule has 0 bridgehead atoms. The smallest absolute Gasteiger partial charge is 0.306 e. The van der Waals surface area contributed by atoms with E-state index < -0.39 is 0 Å². The lowest BCUT2D eigenvalue weighted by Crippen LogP contribution is -2.54. The van der Waals surface area contributed by atoms with Crippen LogP contribution < -0.4 is 5.73 Å². The number of hydrogen-bond donors (Lipinski definition) is 1. The first kappa shape index (κ1) is 14.1. The van der Waals surface area contributed by atoms with Gasteiger partial charge in [-0.3, -0.25) is 9.59 Å². The highest BCUT2D eigenvalue weighted by atomic mass is 16.5. The summed E-state index contributed by atoms with van der Waals surface area (Å²) in [6.45, 7) is 2.87. The van der Waals surface area contributed by atoms with Crippen LogP contribution >= 0.6 is 0 Å². The summed E-state index contributed by atoms with van der Waals surface area (Å²) in [6, 6.07) is 0. The Kier molecular flexibility index (Phi) is 9.07. The third kappa shape index (κ3) is 9.41. The normalized spacial score (nSPS) is 10.0. The van der Waals surface area contributed by atoms with Crippen molar-refractivity contribution in [1.29, 1.82) is 0 Å². The highest BCUT2D eigenvalue weighted by molar-refractivity contribution is 5.83. The van der Waals surface area contributed by atoms with E-state index in [2.05, 4.69) is 12.7 Å². The molecule has 0 unspecified atom stereocenters. The number of ether oxygens (including phenoxy) is 1. The molecule has 0 aliphatic rings. The number of unbranched alkanes of at least 4 members (excludes halogenated alkanes) is 3. The molecule has 3 N–H and O–H groups in total. The van der Waals surface area contributed by atoms with Gasteiger partial charge in [0.25, 0.3) is 0 Å². The molecule has 0 atom stereocenters. The molecule has 4 nitrogen and oxygen atoms in total. The van der Waals surface area contributed by atoms with Gasteiger partial charge in [0.05, 0.1) is 13.0 Å². The third-order valence-corrected chi connectivity index (χ3v) is 2.15. The maximum Gasteiger partial charge on any atom is 0.306 e. The van der Waals surface area contributed by atoms with E-state index in [1.807, 2.05) is 0 Å². The topological polar surface area (TPSA) is 71.0 Å². The van der Waals surface area contributed by atoms with Gasteiger partial charge in [-0.25, -0.2) is 0 Å². The van der Waals surface area contributed by atoms with E-state index in [0.29, 0.717) is 6.61 Å². The zero-order valence-corrected chi connectivity index (χ0v) is 9.59. The van der Waals surface area contributed by atoms with Gasteiger partial charge in [0.1, 0.15) is 6.54 Å². The van der Waals surface area contributed by atoms with Gasteiger partial charge < -0.3 is 10.5 Å². The van der Waals surface area contributed by atoms with E-state index in [0.717, 1.165) is 12.8 Å². The third-order valence-electron chi connectivity index (χ3n) is 2.15. The molecule has 88 valence electrons. The predicted molar refractivity (Wildman–Crippen MR) is 57.1 cm³/mol. The Labute approximate surface area is 91.2 Å². The maximum absolute atomic E-state index is 11.1. The lowest BCUT2D eigenvalue weighted by atomic mass is 10.2. The van der Waals surface area contributed by atoms with Crippen LogP contribution in [0.25, 0.3) is 0 Å². The molecule has 0 aromatic heterocycles. The molecule has 4 heteroatoms. The minimum atomic E-state index is -0.270. The molecule has 0 aliphatic carbocycles. The average Bonchev–Trinajstić information content (AvgIpc) is 2.25. The van der Waals surface area contributed by atoms with Gasteiger partial charge in [-0.05, 0) is 6.42 Å². The first-order valence-electron chi connectivity index (χ1n) is 5.67. The Hall–Kier alpha value is -0.900. The maximum atomic E-state index is 11.1. The van der Waals surface area contributed by atoms with Crippen LogP contribution in [0.3, 0.4) is 0 Å². The standard InChI is InChI=1S/C11H21NO3/c1-2-3-4-5-8-15-11(14)7-6-10(13)9-12/h2-9,12H2,1H3/p+1. The van der Waals surface area contributed by atoms with Crippen molar-refractivity contribution < 1.29 is 20.1 Å². The van der Waals surface area contributed by atoms with E-state index in [-0.39, 0.29) is 31.1 Å². The SMILES string of the molecule is CCCCCCOC(=O)CCC(=O)C[NH3+]. The largest absolute Gasteiger partial charge is 0.466 e. The number of rotatable bonds is 9. The van der Waals surface area contributed by atoms with E-state index in [1.54, 1.807) is 0 Å². The number of hydrogen-bond acceptors (Lipinski definition) is 3. The molecule has 0 rings (SSSR count). The quantitative estimate of drug-likeness (QED) is 0.455. The Balaban J connectivity index is 3.30. The average molecular weight is 216 g/mol. The van der Waals surface area contributed by atoms with E-state index in [1.165, 1.54) is 12.8 Å². The minimum absolute atomic E-state index is 0.0120. The fourth-order valence-corrected chi connectivity index (χ4v) is 1.15. The van der Waals surface area contributed by atoms with Crippen LogP contribution in [0.5, 0.6) is 0 Å². The summed E-state index contributed by atoms with van der Waals surface area (Å²) in [5.74, 6) is -0.258. The second-order valence-corrected chi connectivity index (χ2v) is 3.57. The molecule has 0 heterocycles. The van der Waals surface area contributed by atoms with Gasteiger partial charge in [-0.1, -0.05) is 26.2 Å². The number of quaternary nitrogens is 1. The van der Waals surface area contributed by atoms with Crippen molar-refractivity contribution >= 4 is 11.8 Å². The molecular weight excluding hydrogens is 194 g/mol. The van der Waals surface area contributed by atoms with E-state index >= 15 is 0 Å². The predicted octanol–water partition coefficient (Wildman–Crippen LogP) is 0.701. The highest BCUT2D eigenvalue weighted by Crippen LogP contribution is 2.00. The summed E-state index contributed by atoms with van der Waals surface area (Å²) >= 11 is 0. The fraction of sp³-hybridized carbons (Fsp3) is 0.818. The second kappa shape index (κ2) is 9.65. The van der Waals surface area contributed by atoms with Crippen molar-refractivity contribution in [2.75, 3.05) is 13.2 Å². The van der Waals surface area contributed by atoms with Gasteiger partial charge >= 0.3 is 5.97 Å². The number of Topliss-reactive ketones (excluding diaryl/α,β-unsaturated/α-hetero) is 1. The molecule has 0 fully saturated rings. The van der Waals surface area contributed by atoms with Crippen molar-refractivity contribution in [3.63, 3.8) is 0 Å². The van der Waals surface area contributed by atoms with Crippen molar-refractivity contribution in [2.24, 2.45) is 0 Å². The molecule has 0 spiro atoms. The Morgan fingerprint density at radius 1 is 1.13 bits per heavy atom. The number of esters is 1. The van der Waals surface area contributed by atoms with E-state index in [4.69, 9.17) is 4.74 Å². The summed E-state index contributed by atoms with van der Waals surface area (Å²) in [5, 5.41) is 0. The lowest BCUT2D eigenvalue weighted by molar-refractivity contribution is -0.354. The molecule has 0 saturated carbocycles. The monoisotopic (exact) mass is 216 g/mol. The first-order valence-corrected chi connectivity index (χ1v) is 5.67. The Morgan fingerprint density at radius 2 is 1.87 bits per heavy atom. The van der Waals surface area contributed by atoms with Crippen molar-refractivity contribution in [3.05, 3.63) is 0 Å². The van der Waals surface area contributed by atoms with Crippen LogP contribution in [0.2, 0.25) is 0 Å². The zero-order chi connectivity index (χ0) is 11.5. The molecule has 0 aromatic carbocycles. The van der Waals surface area contributed by atoms with Crippen LogP contribution in [0, 0.1) is 0 Å². The van der Waals surface area contributed by atoms with Crippen molar-refractivity contribution in [3.8, 4) is 0 Å². The molecule has 0 amide bonds. The molecule has 15 heavy (non-hydrogen) atoms. The van der Waals surface area contributed by atoms with Crippen LogP contribution in [0.1, 0.15) is 45.4 Å². The zero-order valence-electron chi connectivity index (χ0n) is 9.59. The van der Waals surface area contributed by atoms with Gasteiger partial charge in [0.2, 0.25) is 0 Å². The minimum Gasteiger partial charge on any atom is -0.466 e. The second-order valence-electron chi connectivity index (χ2n) is 3.57. The fourth-order valence-electron chi connectivity index (χ4n) is 1.15. The summed E-state index contributed by atoms with van der Waals surface area (Å²) in [4.78, 5) is 22.0. The summed E-state index contributed by atoms with van der Waals surface area (Å²) < 4.78 is 4.97. The Morgan fingerprint density at radius 3 is 2.47 bits per heavy atom. The summed E-state index contributed by atoms with van der Waals surface area (Å²) in [6.07, 6.45) is 4.83. The molecule has 0 radical (unpaired) electrons. The van der Waals surface area contributed by atoms with Gasteiger partial charge in [-0.15, -0.1) is 0 Å². The van der Waals surface area contributed by atoms with Gasteiger partial charge in [-0.2, -0.15) is 0 Å². The van der Waals surface area contributed by atoms with Crippen LogP contribution in [-0.2, 0) is 14.3 Å². The van der Waals surface area contributed by atoms with Crippen molar-refractivity contribution in [2.45, 2.75) is 45.4 Å². The van der Waals surface area contributed by atoms with Gasteiger partial charge in [0, 0.05) is 6.42 Å². The Bertz CT molecular complexity index is 192.